The Labute approximate surface area is 134 Å². The van der Waals surface area contributed by atoms with Crippen LogP contribution >= 0.6 is 0 Å². The summed E-state index contributed by atoms with van der Waals surface area (Å²) in [5.41, 5.74) is 3.18. The molecule has 3 rings (SSSR count). The zero-order valence-corrected chi connectivity index (χ0v) is 13.1. The van der Waals surface area contributed by atoms with Crippen LogP contribution in [0.1, 0.15) is 31.8 Å². The minimum Gasteiger partial charge on any atom is -0.497 e. The maximum Gasteiger partial charge on any atom is 0.254 e. The molecule has 2 aromatic rings. The van der Waals surface area contributed by atoms with E-state index in [-0.39, 0.29) is 11.8 Å². The molecule has 0 fully saturated rings. The van der Waals surface area contributed by atoms with Gasteiger partial charge in [0.25, 0.3) is 11.8 Å². The molecule has 0 aromatic heterocycles. The van der Waals surface area contributed by atoms with E-state index in [0.717, 1.165) is 16.9 Å². The van der Waals surface area contributed by atoms with Gasteiger partial charge in [-0.3, -0.25) is 9.59 Å². The third-order valence-corrected chi connectivity index (χ3v) is 4.01. The van der Waals surface area contributed by atoms with Crippen LogP contribution < -0.4 is 10.1 Å². The van der Waals surface area contributed by atoms with Gasteiger partial charge in [-0.2, -0.15) is 0 Å². The summed E-state index contributed by atoms with van der Waals surface area (Å²) in [6.45, 7) is 1.05. The highest BCUT2D eigenvalue weighted by atomic mass is 16.5. The Morgan fingerprint density at radius 3 is 2.61 bits per heavy atom. The number of hydrogen-bond donors (Lipinski definition) is 1. The first kappa shape index (κ1) is 15.1. The lowest BCUT2D eigenvalue weighted by Crippen LogP contribution is -2.23. The predicted octanol–water partition coefficient (Wildman–Crippen LogP) is 2.21. The molecule has 1 aliphatic rings. The molecule has 118 valence electrons. The Bertz CT molecular complexity index is 753. The Morgan fingerprint density at radius 2 is 1.96 bits per heavy atom. The molecule has 0 unspecified atom stereocenters. The Morgan fingerprint density at radius 1 is 1.22 bits per heavy atom. The molecule has 0 aliphatic carbocycles. The normalized spacial score (nSPS) is 13.0. The van der Waals surface area contributed by atoms with Gasteiger partial charge in [0.05, 0.1) is 7.11 Å². The summed E-state index contributed by atoms with van der Waals surface area (Å²) in [6.07, 6.45) is 0. The number of nitrogens with one attached hydrogen (secondary N) is 1. The van der Waals surface area contributed by atoms with Crippen molar-refractivity contribution in [3.8, 4) is 5.75 Å². The number of nitrogens with zero attached hydrogens (tertiary/aromatic N) is 1. The van der Waals surface area contributed by atoms with Crippen LogP contribution in [0.15, 0.2) is 42.5 Å². The lowest BCUT2D eigenvalue weighted by molar-refractivity contribution is 0.0766. The Hall–Kier alpha value is -2.82. The van der Waals surface area contributed by atoms with Gasteiger partial charge in [-0.1, -0.05) is 12.1 Å². The SMILES string of the molecule is CNC(=O)c1ccc2c(c1)CN(Cc1ccc(OC)cc1)C2=O. The van der Waals surface area contributed by atoms with Gasteiger partial charge in [-0.05, 0) is 41.5 Å². The van der Waals surface area contributed by atoms with Crippen molar-refractivity contribution in [3.63, 3.8) is 0 Å². The molecule has 1 aliphatic heterocycles. The third kappa shape index (κ3) is 2.90. The summed E-state index contributed by atoms with van der Waals surface area (Å²) >= 11 is 0. The Kier molecular flexibility index (Phi) is 4.02. The fourth-order valence-electron chi connectivity index (χ4n) is 2.75. The van der Waals surface area contributed by atoms with E-state index in [1.54, 1.807) is 37.3 Å². The van der Waals surface area contributed by atoms with Crippen molar-refractivity contribution in [3.05, 3.63) is 64.7 Å². The molecule has 2 aromatic carbocycles. The molecule has 0 saturated heterocycles. The summed E-state index contributed by atoms with van der Waals surface area (Å²) in [4.78, 5) is 26.0. The molecule has 5 heteroatoms. The van der Waals surface area contributed by atoms with Gasteiger partial charge >= 0.3 is 0 Å². The fourth-order valence-corrected chi connectivity index (χ4v) is 2.75. The van der Waals surface area contributed by atoms with Gasteiger partial charge in [-0.15, -0.1) is 0 Å². The van der Waals surface area contributed by atoms with E-state index in [9.17, 15) is 9.59 Å². The topological polar surface area (TPSA) is 58.6 Å². The number of rotatable bonds is 4. The highest BCUT2D eigenvalue weighted by Crippen LogP contribution is 2.26. The summed E-state index contributed by atoms with van der Waals surface area (Å²) in [7, 11) is 3.22. The lowest BCUT2D eigenvalue weighted by atomic mass is 10.1. The Balaban J connectivity index is 1.78. The van der Waals surface area contributed by atoms with Crippen LogP contribution in [0.4, 0.5) is 0 Å². The second-order valence-corrected chi connectivity index (χ2v) is 5.46. The van der Waals surface area contributed by atoms with Crippen LogP contribution in [0.25, 0.3) is 0 Å². The van der Waals surface area contributed by atoms with Crippen LogP contribution in [-0.2, 0) is 13.1 Å². The first-order valence-corrected chi connectivity index (χ1v) is 7.39. The average molecular weight is 310 g/mol. The smallest absolute Gasteiger partial charge is 0.254 e. The number of fused-ring (bicyclic) bond motifs is 1. The van der Waals surface area contributed by atoms with E-state index in [1.165, 1.54) is 0 Å². The quantitative estimate of drug-likeness (QED) is 0.942. The minimum atomic E-state index is -0.145. The lowest BCUT2D eigenvalue weighted by Gasteiger charge is -2.15. The summed E-state index contributed by atoms with van der Waals surface area (Å²) in [6, 6.07) is 12.9. The number of ether oxygens (including phenoxy) is 1. The monoisotopic (exact) mass is 310 g/mol. The van der Waals surface area contributed by atoms with Crippen molar-refractivity contribution in [2.75, 3.05) is 14.2 Å². The number of carbonyl (C=O) groups excluding carboxylic acids is 2. The summed E-state index contributed by atoms with van der Waals surface area (Å²) < 4.78 is 5.14. The van der Waals surface area contributed by atoms with Crippen LogP contribution in [0, 0.1) is 0 Å². The molecular weight excluding hydrogens is 292 g/mol. The molecule has 0 saturated carbocycles. The van der Waals surface area contributed by atoms with Gasteiger partial charge in [0.15, 0.2) is 0 Å². The molecule has 1 N–H and O–H groups in total. The number of hydrogen-bond acceptors (Lipinski definition) is 3. The molecule has 0 atom stereocenters. The van der Waals surface area contributed by atoms with E-state index in [2.05, 4.69) is 5.32 Å². The van der Waals surface area contributed by atoms with Crippen LogP contribution in [0.2, 0.25) is 0 Å². The first-order chi connectivity index (χ1) is 11.1. The summed E-state index contributed by atoms with van der Waals surface area (Å²) in [5.74, 6) is 0.646. The molecule has 0 bridgehead atoms. The number of benzene rings is 2. The highest BCUT2D eigenvalue weighted by molar-refractivity contribution is 6.01. The van der Waals surface area contributed by atoms with Gasteiger partial charge in [0.1, 0.15) is 5.75 Å². The van der Waals surface area contributed by atoms with Crippen LogP contribution in [0.5, 0.6) is 5.75 Å². The standard InChI is InChI=1S/C18H18N2O3/c1-19-17(21)13-5-8-16-14(9-13)11-20(18(16)22)10-12-3-6-15(23-2)7-4-12/h3-9H,10-11H2,1-2H3,(H,19,21). The molecule has 0 radical (unpaired) electrons. The molecule has 23 heavy (non-hydrogen) atoms. The second-order valence-electron chi connectivity index (χ2n) is 5.46. The second kappa shape index (κ2) is 6.12. The molecule has 0 spiro atoms. The summed E-state index contributed by atoms with van der Waals surface area (Å²) in [5, 5.41) is 2.60. The third-order valence-electron chi connectivity index (χ3n) is 4.01. The van der Waals surface area contributed by atoms with Crippen molar-refractivity contribution in [2.45, 2.75) is 13.1 Å². The minimum absolute atomic E-state index is 0.000672. The van der Waals surface area contributed by atoms with E-state index >= 15 is 0 Å². The number of methoxy groups -OCH3 is 1. The van der Waals surface area contributed by atoms with Crippen LogP contribution in [0.3, 0.4) is 0 Å². The first-order valence-electron chi connectivity index (χ1n) is 7.39. The predicted molar refractivity (Wildman–Crippen MR) is 86.4 cm³/mol. The zero-order chi connectivity index (χ0) is 16.4. The largest absolute Gasteiger partial charge is 0.497 e. The average Bonchev–Trinajstić information content (AvgIpc) is 2.90. The van der Waals surface area contributed by atoms with Gasteiger partial charge in [0, 0.05) is 31.3 Å². The van der Waals surface area contributed by atoms with Gasteiger partial charge < -0.3 is 15.0 Å². The van der Waals surface area contributed by atoms with Crippen molar-refractivity contribution < 1.29 is 14.3 Å². The van der Waals surface area contributed by atoms with Crippen molar-refractivity contribution in [1.82, 2.24) is 10.2 Å². The highest BCUT2D eigenvalue weighted by Gasteiger charge is 2.27. The molecule has 1 heterocycles. The number of carbonyl (C=O) groups is 2. The van der Waals surface area contributed by atoms with Gasteiger partial charge in [-0.25, -0.2) is 0 Å². The van der Waals surface area contributed by atoms with Crippen molar-refractivity contribution in [1.29, 1.82) is 0 Å². The van der Waals surface area contributed by atoms with E-state index in [4.69, 9.17) is 4.74 Å². The maximum atomic E-state index is 12.5. The van der Waals surface area contributed by atoms with Crippen LogP contribution in [-0.4, -0.2) is 30.9 Å². The number of amides is 2. The maximum absolute atomic E-state index is 12.5. The molecular formula is C18H18N2O3. The van der Waals surface area contributed by atoms with E-state index < -0.39 is 0 Å². The van der Waals surface area contributed by atoms with E-state index in [1.807, 2.05) is 24.3 Å². The van der Waals surface area contributed by atoms with Gasteiger partial charge in [0.2, 0.25) is 0 Å². The van der Waals surface area contributed by atoms with Crippen molar-refractivity contribution in [2.24, 2.45) is 0 Å². The van der Waals surface area contributed by atoms with E-state index in [0.29, 0.717) is 24.2 Å². The fraction of sp³-hybridized carbons (Fsp3) is 0.222. The molecule has 5 nitrogen and oxygen atoms in total. The van der Waals surface area contributed by atoms with Crippen molar-refractivity contribution >= 4 is 11.8 Å². The molecule has 2 amide bonds. The zero-order valence-electron chi connectivity index (χ0n) is 13.1.